The minimum absolute atomic E-state index is 0.297. The Hall–Kier alpha value is -2.24. The van der Waals surface area contributed by atoms with Gasteiger partial charge in [0.2, 0.25) is 0 Å². The van der Waals surface area contributed by atoms with Crippen molar-refractivity contribution in [2.45, 2.75) is 13.8 Å². The van der Waals surface area contributed by atoms with E-state index in [-0.39, 0.29) is 5.97 Å². The molecule has 1 saturated heterocycles. The summed E-state index contributed by atoms with van der Waals surface area (Å²) in [6, 6.07) is 14.9. The van der Waals surface area contributed by atoms with Crippen LogP contribution in [0.25, 0.3) is 0 Å². The zero-order chi connectivity index (χ0) is 19.4. The van der Waals surface area contributed by atoms with Crippen LogP contribution in [0, 0.1) is 5.41 Å². The summed E-state index contributed by atoms with van der Waals surface area (Å²) in [6.07, 6.45) is 0. The predicted octanol–water partition coefficient (Wildman–Crippen LogP) is 4.85. The van der Waals surface area contributed by atoms with E-state index < -0.39 is 5.41 Å². The Balaban J connectivity index is 1.92. The number of nitrogens with one attached hydrogen (secondary N) is 1. The fraction of sp³-hybridized carbons (Fsp3) is 0.300. The molecule has 0 bridgehead atoms. The highest BCUT2D eigenvalue weighted by Gasteiger charge is 2.48. The zero-order valence-corrected chi connectivity index (χ0v) is 16.7. The number of para-hydroxylation sites is 1. The summed E-state index contributed by atoms with van der Waals surface area (Å²) < 4.78 is 5.32. The SMILES string of the molecule is CCOC(=O)C1(C)CN(c2cc(Cl)cc(Cl)c2)C/C1=N\Nc1ccccc1. The van der Waals surface area contributed by atoms with Gasteiger partial charge in [0, 0.05) is 22.3 Å². The summed E-state index contributed by atoms with van der Waals surface area (Å²) in [5, 5.41) is 5.62. The molecule has 1 fully saturated rings. The summed E-state index contributed by atoms with van der Waals surface area (Å²) in [6.45, 7) is 4.85. The molecule has 1 N–H and O–H groups in total. The second kappa shape index (κ2) is 8.19. The molecule has 0 amide bonds. The van der Waals surface area contributed by atoms with E-state index in [9.17, 15) is 4.79 Å². The molecule has 0 aromatic heterocycles. The van der Waals surface area contributed by atoms with Gasteiger partial charge in [0.15, 0.2) is 0 Å². The van der Waals surface area contributed by atoms with Gasteiger partial charge in [-0.2, -0.15) is 5.10 Å². The fourth-order valence-corrected chi connectivity index (χ4v) is 3.58. The Morgan fingerprint density at radius 2 is 1.89 bits per heavy atom. The number of nitrogens with zero attached hydrogens (tertiary/aromatic N) is 2. The lowest BCUT2D eigenvalue weighted by Crippen LogP contribution is -2.38. The van der Waals surface area contributed by atoms with Crippen LogP contribution in [0.3, 0.4) is 0 Å². The molecule has 142 valence electrons. The predicted molar refractivity (Wildman–Crippen MR) is 111 cm³/mol. The normalized spacial score (nSPS) is 20.7. The minimum Gasteiger partial charge on any atom is -0.465 e. The molecular weight excluding hydrogens is 385 g/mol. The van der Waals surface area contributed by atoms with Crippen LogP contribution in [0.4, 0.5) is 11.4 Å². The first kappa shape index (κ1) is 19.5. The summed E-state index contributed by atoms with van der Waals surface area (Å²) in [7, 11) is 0. The van der Waals surface area contributed by atoms with Gasteiger partial charge < -0.3 is 9.64 Å². The molecule has 2 aromatic rings. The number of anilines is 2. The number of carbonyl (C=O) groups is 1. The third kappa shape index (κ3) is 4.37. The Kier molecular flexibility index (Phi) is 5.92. The summed E-state index contributed by atoms with van der Waals surface area (Å²) in [5.41, 5.74) is 4.55. The number of hydrogen-bond acceptors (Lipinski definition) is 5. The van der Waals surface area contributed by atoms with Crippen molar-refractivity contribution in [1.29, 1.82) is 0 Å². The molecule has 5 nitrogen and oxygen atoms in total. The summed E-state index contributed by atoms with van der Waals surface area (Å²) >= 11 is 12.3. The Bertz CT molecular complexity index is 837. The van der Waals surface area contributed by atoms with Gasteiger partial charge in [-0.3, -0.25) is 10.2 Å². The molecule has 7 heteroatoms. The highest BCUT2D eigenvalue weighted by molar-refractivity contribution is 6.35. The van der Waals surface area contributed by atoms with Crippen LogP contribution in [-0.2, 0) is 9.53 Å². The maximum atomic E-state index is 12.7. The molecule has 2 aromatic carbocycles. The molecule has 1 aliphatic heterocycles. The standard InChI is InChI=1S/C20H21Cl2N3O2/c1-3-27-19(26)20(2)13-25(17-10-14(21)9-15(22)11-17)12-18(20)24-23-16-7-5-4-6-8-16/h4-11,23H,3,12-13H2,1-2H3/b24-18+. The molecule has 1 unspecified atom stereocenters. The van der Waals surface area contributed by atoms with Gasteiger partial charge in [0.25, 0.3) is 0 Å². The lowest BCUT2D eigenvalue weighted by atomic mass is 9.88. The van der Waals surface area contributed by atoms with Gasteiger partial charge in [-0.1, -0.05) is 41.4 Å². The molecular formula is C20H21Cl2N3O2. The van der Waals surface area contributed by atoms with Crippen molar-refractivity contribution in [3.05, 3.63) is 58.6 Å². The molecule has 27 heavy (non-hydrogen) atoms. The molecule has 1 heterocycles. The van der Waals surface area contributed by atoms with E-state index in [1.165, 1.54) is 0 Å². The van der Waals surface area contributed by atoms with Crippen molar-refractivity contribution in [1.82, 2.24) is 0 Å². The van der Waals surface area contributed by atoms with Gasteiger partial charge in [-0.25, -0.2) is 0 Å². The first-order valence-corrected chi connectivity index (χ1v) is 9.44. The fourth-order valence-electron chi connectivity index (χ4n) is 3.06. The molecule has 0 saturated carbocycles. The van der Waals surface area contributed by atoms with Crippen LogP contribution in [0.15, 0.2) is 53.6 Å². The Labute approximate surface area is 168 Å². The monoisotopic (exact) mass is 405 g/mol. The van der Waals surface area contributed by atoms with Gasteiger partial charge in [0.1, 0.15) is 5.41 Å². The van der Waals surface area contributed by atoms with Crippen LogP contribution < -0.4 is 10.3 Å². The van der Waals surface area contributed by atoms with E-state index in [0.29, 0.717) is 35.5 Å². The van der Waals surface area contributed by atoms with Crippen LogP contribution in [-0.4, -0.2) is 31.4 Å². The summed E-state index contributed by atoms with van der Waals surface area (Å²) in [5.74, 6) is -0.297. The second-order valence-corrected chi connectivity index (χ2v) is 7.45. The Morgan fingerprint density at radius 3 is 2.52 bits per heavy atom. The number of hydrazone groups is 1. The van der Waals surface area contributed by atoms with Crippen molar-refractivity contribution in [2.75, 3.05) is 30.0 Å². The number of hydrogen-bond donors (Lipinski definition) is 1. The Morgan fingerprint density at radius 1 is 1.22 bits per heavy atom. The van der Waals surface area contributed by atoms with Gasteiger partial charge in [0.05, 0.1) is 24.6 Å². The topological polar surface area (TPSA) is 53.9 Å². The summed E-state index contributed by atoms with van der Waals surface area (Å²) in [4.78, 5) is 14.7. The highest BCUT2D eigenvalue weighted by atomic mass is 35.5. The van der Waals surface area contributed by atoms with E-state index in [4.69, 9.17) is 27.9 Å². The smallest absolute Gasteiger partial charge is 0.319 e. The van der Waals surface area contributed by atoms with Gasteiger partial charge >= 0.3 is 5.97 Å². The number of halogens is 2. The van der Waals surface area contributed by atoms with Crippen molar-refractivity contribution in [3.8, 4) is 0 Å². The second-order valence-electron chi connectivity index (χ2n) is 6.57. The first-order chi connectivity index (χ1) is 12.9. The number of benzene rings is 2. The van der Waals surface area contributed by atoms with Crippen molar-refractivity contribution >= 4 is 46.3 Å². The number of esters is 1. The first-order valence-electron chi connectivity index (χ1n) is 8.69. The maximum Gasteiger partial charge on any atom is 0.319 e. The molecule has 0 aliphatic carbocycles. The van der Waals surface area contributed by atoms with E-state index in [2.05, 4.69) is 10.5 Å². The van der Waals surface area contributed by atoms with E-state index in [1.54, 1.807) is 13.0 Å². The van der Waals surface area contributed by atoms with Gasteiger partial charge in [-0.05, 0) is 44.2 Å². The van der Waals surface area contributed by atoms with E-state index in [1.807, 2.05) is 54.3 Å². The van der Waals surface area contributed by atoms with E-state index in [0.717, 1.165) is 11.4 Å². The third-order valence-corrected chi connectivity index (χ3v) is 4.95. The number of carbonyl (C=O) groups excluding carboxylic acids is 1. The minimum atomic E-state index is -0.868. The lowest BCUT2D eigenvalue weighted by Gasteiger charge is -2.23. The quantitative estimate of drug-likeness (QED) is 0.570. The highest BCUT2D eigenvalue weighted by Crippen LogP contribution is 2.35. The number of rotatable bonds is 5. The maximum absolute atomic E-state index is 12.7. The molecule has 0 spiro atoms. The van der Waals surface area contributed by atoms with E-state index >= 15 is 0 Å². The van der Waals surface area contributed by atoms with Crippen LogP contribution in [0.1, 0.15) is 13.8 Å². The molecule has 1 atom stereocenters. The largest absolute Gasteiger partial charge is 0.465 e. The van der Waals surface area contributed by atoms with Crippen molar-refractivity contribution in [3.63, 3.8) is 0 Å². The zero-order valence-electron chi connectivity index (χ0n) is 15.2. The molecule has 0 radical (unpaired) electrons. The van der Waals surface area contributed by atoms with Crippen LogP contribution in [0.2, 0.25) is 10.0 Å². The van der Waals surface area contributed by atoms with Crippen LogP contribution in [0.5, 0.6) is 0 Å². The van der Waals surface area contributed by atoms with Crippen molar-refractivity contribution < 1.29 is 9.53 Å². The lowest BCUT2D eigenvalue weighted by molar-refractivity contribution is -0.149. The average molecular weight is 406 g/mol. The van der Waals surface area contributed by atoms with Crippen molar-refractivity contribution in [2.24, 2.45) is 10.5 Å². The third-order valence-electron chi connectivity index (χ3n) is 4.52. The molecule has 1 aliphatic rings. The number of ether oxygens (including phenoxy) is 1. The van der Waals surface area contributed by atoms with Crippen LogP contribution >= 0.6 is 23.2 Å². The average Bonchev–Trinajstić information content (AvgIpc) is 2.98. The van der Waals surface area contributed by atoms with Gasteiger partial charge in [-0.15, -0.1) is 0 Å². The molecule has 3 rings (SSSR count).